The van der Waals surface area contributed by atoms with Crippen molar-refractivity contribution in [2.24, 2.45) is 5.14 Å². The zero-order valence-electron chi connectivity index (χ0n) is 10.6. The first-order chi connectivity index (χ1) is 9.77. The fourth-order valence-electron chi connectivity index (χ4n) is 1.66. The Labute approximate surface area is 137 Å². The van der Waals surface area contributed by atoms with Crippen LogP contribution in [0.1, 0.15) is 5.56 Å². The van der Waals surface area contributed by atoms with Crippen LogP contribution in [0.3, 0.4) is 0 Å². The number of benzene rings is 2. The highest BCUT2D eigenvalue weighted by Crippen LogP contribution is 2.27. The molecule has 21 heavy (non-hydrogen) atoms. The SMILES string of the molecule is NS(=O)(=O)c1ccc(Cl)c(NCc2ccc(Cl)c(Cl)c2)c1. The molecule has 0 radical (unpaired) electrons. The summed E-state index contributed by atoms with van der Waals surface area (Å²) in [5.41, 5.74) is 1.34. The average molecular weight is 366 g/mol. The van der Waals surface area contributed by atoms with E-state index in [2.05, 4.69) is 5.32 Å². The molecule has 0 spiro atoms. The lowest BCUT2D eigenvalue weighted by Gasteiger charge is -2.10. The summed E-state index contributed by atoms with van der Waals surface area (Å²) >= 11 is 17.8. The Kier molecular flexibility index (Phi) is 5.01. The van der Waals surface area contributed by atoms with Gasteiger partial charge in [-0.05, 0) is 35.9 Å². The van der Waals surface area contributed by atoms with E-state index in [9.17, 15) is 8.42 Å². The largest absolute Gasteiger partial charge is 0.380 e. The van der Waals surface area contributed by atoms with Crippen molar-refractivity contribution < 1.29 is 8.42 Å². The van der Waals surface area contributed by atoms with Crippen LogP contribution in [0.25, 0.3) is 0 Å². The van der Waals surface area contributed by atoms with E-state index >= 15 is 0 Å². The number of rotatable bonds is 4. The van der Waals surface area contributed by atoms with Gasteiger partial charge < -0.3 is 5.32 Å². The van der Waals surface area contributed by atoms with Crippen molar-refractivity contribution in [1.82, 2.24) is 0 Å². The molecule has 0 saturated carbocycles. The van der Waals surface area contributed by atoms with Gasteiger partial charge in [0.2, 0.25) is 10.0 Å². The molecule has 4 nitrogen and oxygen atoms in total. The predicted octanol–water partition coefficient (Wildman–Crippen LogP) is 3.91. The number of nitrogens with one attached hydrogen (secondary N) is 1. The molecule has 0 saturated heterocycles. The first kappa shape index (κ1) is 16.4. The Balaban J connectivity index is 2.21. The molecule has 112 valence electrons. The minimum Gasteiger partial charge on any atom is -0.380 e. The van der Waals surface area contributed by atoms with Gasteiger partial charge in [-0.3, -0.25) is 0 Å². The van der Waals surface area contributed by atoms with Crippen molar-refractivity contribution in [2.45, 2.75) is 11.4 Å². The molecule has 2 aromatic rings. The van der Waals surface area contributed by atoms with Gasteiger partial charge in [0.1, 0.15) is 0 Å². The fourth-order valence-corrected chi connectivity index (χ4v) is 2.71. The van der Waals surface area contributed by atoms with Crippen molar-refractivity contribution in [3.63, 3.8) is 0 Å². The summed E-state index contributed by atoms with van der Waals surface area (Å²) in [6.07, 6.45) is 0. The van der Waals surface area contributed by atoms with Crippen molar-refractivity contribution >= 4 is 50.5 Å². The van der Waals surface area contributed by atoms with Crippen LogP contribution in [0, 0.1) is 0 Å². The summed E-state index contributed by atoms with van der Waals surface area (Å²) < 4.78 is 22.7. The molecule has 0 amide bonds. The smallest absolute Gasteiger partial charge is 0.238 e. The monoisotopic (exact) mass is 364 g/mol. The fraction of sp³-hybridized carbons (Fsp3) is 0.0769. The van der Waals surface area contributed by atoms with Gasteiger partial charge in [-0.2, -0.15) is 0 Å². The van der Waals surface area contributed by atoms with Gasteiger partial charge in [0.15, 0.2) is 0 Å². The van der Waals surface area contributed by atoms with Crippen molar-refractivity contribution in [3.05, 3.63) is 57.0 Å². The Morgan fingerprint density at radius 2 is 1.62 bits per heavy atom. The molecule has 0 aliphatic rings. The third-order valence-corrected chi connectivity index (χ3v) is 4.71. The summed E-state index contributed by atoms with van der Waals surface area (Å²) in [6, 6.07) is 9.41. The highest BCUT2D eigenvalue weighted by atomic mass is 35.5. The van der Waals surface area contributed by atoms with Crippen molar-refractivity contribution in [2.75, 3.05) is 5.32 Å². The zero-order valence-corrected chi connectivity index (χ0v) is 13.7. The Bertz CT molecular complexity index is 779. The summed E-state index contributed by atoms with van der Waals surface area (Å²) in [6.45, 7) is 0.407. The van der Waals surface area contributed by atoms with Crippen LogP contribution in [-0.2, 0) is 16.6 Å². The second-order valence-electron chi connectivity index (χ2n) is 4.29. The van der Waals surface area contributed by atoms with Gasteiger partial charge in [0.25, 0.3) is 0 Å². The van der Waals surface area contributed by atoms with E-state index in [-0.39, 0.29) is 4.90 Å². The number of halogens is 3. The number of nitrogens with two attached hydrogens (primary N) is 1. The van der Waals surface area contributed by atoms with Gasteiger partial charge in [-0.25, -0.2) is 13.6 Å². The lowest BCUT2D eigenvalue weighted by atomic mass is 10.2. The van der Waals surface area contributed by atoms with E-state index in [4.69, 9.17) is 39.9 Å². The summed E-state index contributed by atoms with van der Waals surface area (Å²) in [4.78, 5) is -0.0106. The van der Waals surface area contributed by atoms with E-state index in [1.807, 2.05) is 0 Å². The molecule has 2 rings (SSSR count). The second-order valence-corrected chi connectivity index (χ2v) is 7.07. The van der Waals surface area contributed by atoms with E-state index in [0.29, 0.717) is 27.3 Å². The Morgan fingerprint density at radius 1 is 0.952 bits per heavy atom. The van der Waals surface area contributed by atoms with Crippen LogP contribution in [0.5, 0.6) is 0 Å². The molecule has 0 atom stereocenters. The maximum atomic E-state index is 11.3. The molecule has 3 N–H and O–H groups in total. The first-order valence-electron chi connectivity index (χ1n) is 5.77. The molecule has 0 aliphatic carbocycles. The number of sulfonamides is 1. The minimum atomic E-state index is -3.77. The molecule has 0 heterocycles. The molecular weight excluding hydrogens is 355 g/mol. The lowest BCUT2D eigenvalue weighted by Crippen LogP contribution is -2.12. The molecule has 0 unspecified atom stereocenters. The van der Waals surface area contributed by atoms with Crippen LogP contribution < -0.4 is 10.5 Å². The van der Waals surface area contributed by atoms with E-state index in [1.54, 1.807) is 18.2 Å². The third-order valence-electron chi connectivity index (χ3n) is 2.73. The highest BCUT2D eigenvalue weighted by molar-refractivity contribution is 7.89. The molecule has 8 heteroatoms. The topological polar surface area (TPSA) is 72.2 Å². The first-order valence-corrected chi connectivity index (χ1v) is 8.45. The minimum absolute atomic E-state index is 0.0106. The van der Waals surface area contributed by atoms with Crippen LogP contribution in [0.4, 0.5) is 5.69 Å². The molecule has 0 fully saturated rings. The Hall–Kier alpha value is -0.980. The van der Waals surface area contributed by atoms with Crippen LogP contribution in [0.15, 0.2) is 41.3 Å². The predicted molar refractivity (Wildman–Crippen MR) is 86.6 cm³/mol. The van der Waals surface area contributed by atoms with E-state index < -0.39 is 10.0 Å². The highest BCUT2D eigenvalue weighted by Gasteiger charge is 2.10. The number of primary sulfonamides is 1. The van der Waals surface area contributed by atoms with Gasteiger partial charge in [-0.15, -0.1) is 0 Å². The standard InChI is InChI=1S/C13H11Cl3N2O2S/c14-10-3-1-8(5-12(10)16)7-18-13-6-9(21(17,19)20)2-4-11(13)15/h1-6,18H,7H2,(H2,17,19,20). The average Bonchev–Trinajstić information content (AvgIpc) is 2.40. The summed E-state index contributed by atoms with van der Waals surface area (Å²) in [5, 5.41) is 9.43. The zero-order chi connectivity index (χ0) is 15.6. The molecule has 0 bridgehead atoms. The molecule has 2 aromatic carbocycles. The molecule has 0 aromatic heterocycles. The van der Waals surface area contributed by atoms with Gasteiger partial charge in [0.05, 0.1) is 25.7 Å². The number of hydrogen-bond donors (Lipinski definition) is 2. The maximum Gasteiger partial charge on any atom is 0.238 e. The number of hydrogen-bond acceptors (Lipinski definition) is 3. The van der Waals surface area contributed by atoms with Crippen molar-refractivity contribution in [1.29, 1.82) is 0 Å². The lowest BCUT2D eigenvalue weighted by molar-refractivity contribution is 0.598. The van der Waals surface area contributed by atoms with Crippen molar-refractivity contribution in [3.8, 4) is 0 Å². The van der Waals surface area contributed by atoms with E-state index in [0.717, 1.165) is 5.56 Å². The van der Waals surface area contributed by atoms with Crippen LogP contribution >= 0.6 is 34.8 Å². The van der Waals surface area contributed by atoms with Gasteiger partial charge in [0, 0.05) is 6.54 Å². The number of anilines is 1. The van der Waals surface area contributed by atoms with Crippen LogP contribution in [0.2, 0.25) is 15.1 Å². The van der Waals surface area contributed by atoms with Crippen LogP contribution in [-0.4, -0.2) is 8.42 Å². The summed E-state index contributed by atoms with van der Waals surface area (Å²) in [5.74, 6) is 0. The third kappa shape index (κ3) is 4.25. The normalized spacial score (nSPS) is 11.4. The quantitative estimate of drug-likeness (QED) is 0.863. The maximum absolute atomic E-state index is 11.3. The summed E-state index contributed by atoms with van der Waals surface area (Å²) in [7, 11) is -3.77. The van der Waals surface area contributed by atoms with E-state index in [1.165, 1.54) is 18.2 Å². The van der Waals surface area contributed by atoms with Gasteiger partial charge in [-0.1, -0.05) is 40.9 Å². The second kappa shape index (κ2) is 6.42. The Morgan fingerprint density at radius 3 is 2.24 bits per heavy atom. The molecule has 0 aliphatic heterocycles. The molecular formula is C13H11Cl3N2O2S. The van der Waals surface area contributed by atoms with Gasteiger partial charge >= 0.3 is 0 Å².